The molecule has 2 heterocycles. The number of aromatic carboxylic acids is 1. The van der Waals surface area contributed by atoms with Crippen LogP contribution in [-0.4, -0.2) is 26.3 Å². The Kier molecular flexibility index (Phi) is 6.34. The van der Waals surface area contributed by atoms with E-state index < -0.39 is 11.4 Å². The van der Waals surface area contributed by atoms with E-state index in [1.54, 1.807) is 30.3 Å². The Bertz CT molecular complexity index is 1980. The van der Waals surface area contributed by atoms with Crippen LogP contribution in [0.15, 0.2) is 88.1 Å². The highest BCUT2D eigenvalue weighted by Crippen LogP contribution is 2.44. The summed E-state index contributed by atoms with van der Waals surface area (Å²) < 4.78 is 6.21. The summed E-state index contributed by atoms with van der Waals surface area (Å²) in [5.41, 5.74) is 3.52. The largest absolute Gasteiger partial charge is 0.507 e. The molecule has 0 radical (unpaired) electrons. The van der Waals surface area contributed by atoms with Gasteiger partial charge in [0.2, 0.25) is 5.43 Å². The second-order valence-electron chi connectivity index (χ2n) is 9.24. The molecule has 8 nitrogen and oxygen atoms in total. The molecule has 4 N–H and O–H groups in total. The van der Waals surface area contributed by atoms with Gasteiger partial charge in [0.25, 0.3) is 0 Å². The highest BCUT2D eigenvalue weighted by atomic mass is 35.5. The van der Waals surface area contributed by atoms with Crippen LogP contribution < -0.4 is 10.7 Å². The van der Waals surface area contributed by atoms with E-state index >= 15 is 0 Å². The molecule has 0 unspecified atom stereocenters. The Hall–Kier alpha value is -4.92. The molecule has 1 aliphatic heterocycles. The van der Waals surface area contributed by atoms with E-state index in [-0.39, 0.29) is 40.8 Å². The first-order valence-electron chi connectivity index (χ1n) is 12.3. The highest BCUT2D eigenvalue weighted by Gasteiger charge is 2.24. The Labute approximate surface area is 232 Å². The van der Waals surface area contributed by atoms with Gasteiger partial charge in [-0.3, -0.25) is 4.79 Å². The number of aromatic nitrogens is 1. The lowest BCUT2D eigenvalue weighted by Gasteiger charge is -2.19. The number of para-hydroxylation sites is 1. The van der Waals surface area contributed by atoms with E-state index in [1.165, 1.54) is 24.3 Å². The number of phenols is 1. The first-order chi connectivity index (χ1) is 19.4. The third-order valence-corrected chi connectivity index (χ3v) is 7.14. The summed E-state index contributed by atoms with van der Waals surface area (Å²) in [6, 6.07) is 21.7. The predicted molar refractivity (Wildman–Crippen MR) is 153 cm³/mol. The molecule has 0 saturated heterocycles. The average molecular weight is 553 g/mol. The number of nitrogens with zero attached hydrogens (tertiary/aromatic N) is 1. The molecule has 6 rings (SSSR count). The van der Waals surface area contributed by atoms with E-state index in [9.17, 15) is 24.9 Å². The number of anilines is 1. The van der Waals surface area contributed by atoms with Crippen molar-refractivity contribution >= 4 is 45.1 Å². The highest BCUT2D eigenvalue weighted by molar-refractivity contribution is 6.31. The summed E-state index contributed by atoms with van der Waals surface area (Å²) >= 11 is 6.20. The molecular weight excluding hydrogens is 532 g/mol. The van der Waals surface area contributed by atoms with E-state index in [2.05, 4.69) is 10.3 Å². The van der Waals surface area contributed by atoms with Gasteiger partial charge in [0.05, 0.1) is 39.7 Å². The van der Waals surface area contributed by atoms with Gasteiger partial charge >= 0.3 is 5.97 Å². The van der Waals surface area contributed by atoms with Crippen molar-refractivity contribution in [3.63, 3.8) is 0 Å². The van der Waals surface area contributed by atoms with Crippen molar-refractivity contribution in [2.24, 2.45) is 0 Å². The van der Waals surface area contributed by atoms with Crippen molar-refractivity contribution < 1.29 is 24.5 Å². The lowest BCUT2D eigenvalue weighted by Crippen LogP contribution is -2.06. The number of aromatic hydroxyl groups is 1. The number of carboxylic acids is 1. The number of aliphatic hydroxyl groups is 1. The molecule has 198 valence electrons. The molecule has 1 aliphatic carbocycles. The first kappa shape index (κ1) is 25.4. The van der Waals surface area contributed by atoms with Crippen molar-refractivity contribution in [2.45, 2.75) is 13.2 Å². The predicted octanol–water partition coefficient (Wildman–Crippen LogP) is 6.27. The van der Waals surface area contributed by atoms with E-state index in [0.29, 0.717) is 44.5 Å². The average Bonchev–Trinajstić information content (AvgIpc) is 2.96. The second kappa shape index (κ2) is 10.00. The normalized spacial score (nSPS) is 11.3. The minimum Gasteiger partial charge on any atom is -0.507 e. The maximum absolute atomic E-state index is 12.5. The molecule has 9 heteroatoms. The Morgan fingerprint density at radius 1 is 0.975 bits per heavy atom. The number of aliphatic hydroxyl groups excluding tert-OH is 1. The van der Waals surface area contributed by atoms with Gasteiger partial charge in [-0.05, 0) is 42.0 Å². The van der Waals surface area contributed by atoms with E-state index in [0.717, 1.165) is 5.39 Å². The smallest absolute Gasteiger partial charge is 0.336 e. The lowest BCUT2D eigenvalue weighted by atomic mass is 9.90. The van der Waals surface area contributed by atoms with Gasteiger partial charge in [-0.25, -0.2) is 9.78 Å². The standard InChI is InChI=1S/C31H21ClN2O6/c32-23-12-21-27(13-26(23)37)40-30-20(28(21)18-5-1-2-6-19(18)31(38)39)10-11-25(36)22(30)14-33-24-7-3-4-16-8-9-17(15-35)34-29(16)24/h1-13,33,35-36H,14-15H2,(H,38,39). The summed E-state index contributed by atoms with van der Waals surface area (Å²) in [4.78, 5) is 29.1. The van der Waals surface area contributed by atoms with Gasteiger partial charge in [0.1, 0.15) is 17.1 Å². The van der Waals surface area contributed by atoms with Crippen LogP contribution in [0.1, 0.15) is 21.6 Å². The summed E-state index contributed by atoms with van der Waals surface area (Å²) in [6.45, 7) is -0.0905. The maximum atomic E-state index is 12.5. The third-order valence-electron chi connectivity index (χ3n) is 6.84. The zero-order chi connectivity index (χ0) is 28.0. The zero-order valence-electron chi connectivity index (χ0n) is 20.8. The van der Waals surface area contributed by atoms with E-state index in [1.807, 2.05) is 24.3 Å². The number of nitrogens with one attached hydrogen (secondary N) is 1. The minimum atomic E-state index is -1.12. The number of pyridine rings is 1. The van der Waals surface area contributed by atoms with Crippen molar-refractivity contribution in [1.29, 1.82) is 0 Å². The van der Waals surface area contributed by atoms with Gasteiger partial charge in [0, 0.05) is 34.5 Å². The van der Waals surface area contributed by atoms with Crippen molar-refractivity contribution in [1.82, 2.24) is 4.98 Å². The van der Waals surface area contributed by atoms with Crippen LogP contribution in [0.3, 0.4) is 0 Å². The fourth-order valence-corrected chi connectivity index (χ4v) is 5.11. The first-order valence-corrected chi connectivity index (χ1v) is 12.7. The van der Waals surface area contributed by atoms with Gasteiger partial charge in [-0.1, -0.05) is 48.0 Å². The van der Waals surface area contributed by atoms with Crippen LogP contribution >= 0.6 is 11.6 Å². The molecule has 0 spiro atoms. The van der Waals surface area contributed by atoms with Crippen molar-refractivity contribution in [3.05, 3.63) is 111 Å². The molecule has 0 atom stereocenters. The molecule has 3 aromatic carbocycles. The van der Waals surface area contributed by atoms with Crippen LogP contribution in [0.2, 0.25) is 5.02 Å². The number of halogens is 1. The molecule has 2 aliphatic rings. The van der Waals surface area contributed by atoms with Crippen LogP contribution in [0, 0.1) is 0 Å². The van der Waals surface area contributed by atoms with Gasteiger partial charge < -0.3 is 25.1 Å². The summed E-state index contributed by atoms with van der Waals surface area (Å²) in [5.74, 6) is -0.972. The van der Waals surface area contributed by atoms with Gasteiger partial charge in [-0.15, -0.1) is 0 Å². The number of carbonyl (C=O) groups is 1. The second-order valence-corrected chi connectivity index (χ2v) is 9.65. The van der Waals surface area contributed by atoms with E-state index in [4.69, 9.17) is 16.0 Å². The monoisotopic (exact) mass is 552 g/mol. The third kappa shape index (κ3) is 4.29. The molecule has 0 bridgehead atoms. The molecule has 0 fully saturated rings. The number of phenolic OH excluding ortho intramolecular Hbond substituents is 1. The van der Waals surface area contributed by atoms with Crippen LogP contribution in [0.5, 0.6) is 5.75 Å². The SMILES string of the molecule is O=C(O)c1ccccc1-c1c2cc(Cl)c(=O)cc-2oc2c(CNc3cccc4ccc(CO)nc34)c(O)ccc12. The summed E-state index contributed by atoms with van der Waals surface area (Å²) in [7, 11) is 0. The van der Waals surface area contributed by atoms with Crippen molar-refractivity contribution in [2.75, 3.05) is 5.32 Å². The van der Waals surface area contributed by atoms with Crippen LogP contribution in [-0.2, 0) is 13.2 Å². The molecule has 0 saturated carbocycles. The number of benzene rings is 4. The molecule has 40 heavy (non-hydrogen) atoms. The Morgan fingerprint density at radius 2 is 1.80 bits per heavy atom. The number of hydrogen-bond donors (Lipinski definition) is 4. The number of carboxylic acid groups (broad SMARTS) is 1. The number of rotatable bonds is 6. The Morgan fingerprint density at radius 3 is 2.60 bits per heavy atom. The number of hydrogen-bond acceptors (Lipinski definition) is 7. The molecular formula is C31H21ClN2O6. The Balaban J connectivity index is 1.59. The number of fused-ring (bicyclic) bond motifs is 3. The maximum Gasteiger partial charge on any atom is 0.336 e. The minimum absolute atomic E-state index is 0.0255. The summed E-state index contributed by atoms with van der Waals surface area (Å²) in [5, 5.41) is 35.1. The molecule has 1 aromatic heterocycles. The van der Waals surface area contributed by atoms with Gasteiger partial charge in [-0.2, -0.15) is 0 Å². The molecule has 0 amide bonds. The quantitative estimate of drug-likeness (QED) is 0.178. The summed E-state index contributed by atoms with van der Waals surface area (Å²) in [6.07, 6.45) is 0. The van der Waals surface area contributed by atoms with Crippen molar-refractivity contribution in [3.8, 4) is 28.2 Å². The van der Waals surface area contributed by atoms with Crippen LogP contribution in [0.25, 0.3) is 44.3 Å². The molecule has 4 aromatic rings. The topological polar surface area (TPSA) is 133 Å². The lowest BCUT2D eigenvalue weighted by molar-refractivity contribution is 0.0697. The zero-order valence-corrected chi connectivity index (χ0v) is 21.6. The fourth-order valence-electron chi connectivity index (χ4n) is 4.95. The van der Waals surface area contributed by atoms with Crippen LogP contribution in [0.4, 0.5) is 5.69 Å². The van der Waals surface area contributed by atoms with Gasteiger partial charge in [0.15, 0.2) is 0 Å². The fraction of sp³-hybridized carbons (Fsp3) is 0.0645.